The lowest BCUT2D eigenvalue weighted by Gasteiger charge is -2.02. The second kappa shape index (κ2) is 5.99. The fraction of sp³-hybridized carbons (Fsp3) is 0.286. The van der Waals surface area contributed by atoms with E-state index < -0.39 is 0 Å². The van der Waals surface area contributed by atoms with Gasteiger partial charge in [0, 0.05) is 5.56 Å². The number of carbonyl (C=O) groups is 2. The van der Waals surface area contributed by atoms with E-state index in [1.807, 2.05) is 25.1 Å². The molecule has 0 fully saturated rings. The van der Waals surface area contributed by atoms with Crippen LogP contribution < -0.4 is 0 Å². The fourth-order valence-electron chi connectivity index (χ4n) is 1.56. The van der Waals surface area contributed by atoms with Crippen molar-refractivity contribution in [1.82, 2.24) is 0 Å². The van der Waals surface area contributed by atoms with Crippen molar-refractivity contribution in [2.75, 3.05) is 7.11 Å². The Kier molecular flexibility index (Phi) is 4.64. The third-order valence-electron chi connectivity index (χ3n) is 2.45. The van der Waals surface area contributed by atoms with Crippen LogP contribution in [0, 0.1) is 6.92 Å². The maximum absolute atomic E-state index is 11.2. The van der Waals surface area contributed by atoms with E-state index in [1.54, 1.807) is 19.1 Å². The lowest BCUT2D eigenvalue weighted by atomic mass is 10.0. The SMILES string of the molecule is COC(=O)CC=Cc1ccc(C(C)=O)c(C)c1. The molecule has 0 heterocycles. The van der Waals surface area contributed by atoms with Crippen LogP contribution in [-0.2, 0) is 9.53 Å². The summed E-state index contributed by atoms with van der Waals surface area (Å²) < 4.78 is 4.53. The van der Waals surface area contributed by atoms with Gasteiger partial charge in [0.05, 0.1) is 13.5 Å². The first-order valence-electron chi connectivity index (χ1n) is 5.39. The van der Waals surface area contributed by atoms with Crippen LogP contribution in [0.25, 0.3) is 6.08 Å². The molecule has 0 aromatic heterocycles. The van der Waals surface area contributed by atoms with Gasteiger partial charge >= 0.3 is 5.97 Å². The van der Waals surface area contributed by atoms with Crippen LogP contribution in [-0.4, -0.2) is 18.9 Å². The van der Waals surface area contributed by atoms with Gasteiger partial charge in [0.15, 0.2) is 5.78 Å². The number of ketones is 1. The van der Waals surface area contributed by atoms with E-state index in [9.17, 15) is 9.59 Å². The van der Waals surface area contributed by atoms with E-state index in [-0.39, 0.29) is 18.2 Å². The number of aryl methyl sites for hydroxylation is 1. The largest absolute Gasteiger partial charge is 0.469 e. The van der Waals surface area contributed by atoms with Crippen molar-refractivity contribution >= 4 is 17.8 Å². The van der Waals surface area contributed by atoms with Crippen LogP contribution in [0.1, 0.15) is 34.8 Å². The third kappa shape index (κ3) is 3.87. The first-order chi connectivity index (χ1) is 8.04. The summed E-state index contributed by atoms with van der Waals surface area (Å²) in [5, 5.41) is 0. The van der Waals surface area contributed by atoms with Crippen molar-refractivity contribution in [2.24, 2.45) is 0 Å². The number of benzene rings is 1. The molecule has 0 aliphatic heterocycles. The van der Waals surface area contributed by atoms with Gasteiger partial charge < -0.3 is 4.74 Å². The predicted molar refractivity (Wildman–Crippen MR) is 66.9 cm³/mol. The molecule has 0 aliphatic rings. The highest BCUT2D eigenvalue weighted by atomic mass is 16.5. The van der Waals surface area contributed by atoms with Crippen molar-refractivity contribution < 1.29 is 14.3 Å². The number of esters is 1. The summed E-state index contributed by atoms with van der Waals surface area (Å²) in [6, 6.07) is 5.58. The summed E-state index contributed by atoms with van der Waals surface area (Å²) in [7, 11) is 1.36. The average Bonchev–Trinajstić information content (AvgIpc) is 2.28. The van der Waals surface area contributed by atoms with Crippen molar-refractivity contribution in [1.29, 1.82) is 0 Å². The summed E-state index contributed by atoms with van der Waals surface area (Å²) in [6.07, 6.45) is 3.84. The maximum Gasteiger partial charge on any atom is 0.309 e. The van der Waals surface area contributed by atoms with Gasteiger partial charge in [-0.25, -0.2) is 0 Å². The number of carbonyl (C=O) groups excluding carboxylic acids is 2. The smallest absolute Gasteiger partial charge is 0.309 e. The number of Topliss-reactive ketones (excluding diaryl/α,β-unsaturated/α-hetero) is 1. The van der Waals surface area contributed by atoms with Gasteiger partial charge in [-0.1, -0.05) is 30.4 Å². The molecule has 0 N–H and O–H groups in total. The van der Waals surface area contributed by atoms with E-state index in [2.05, 4.69) is 4.74 Å². The summed E-state index contributed by atoms with van der Waals surface area (Å²) in [6.45, 7) is 3.45. The average molecular weight is 232 g/mol. The molecule has 0 saturated carbocycles. The lowest BCUT2D eigenvalue weighted by molar-refractivity contribution is -0.139. The molecule has 1 aromatic carbocycles. The summed E-state index contributed by atoms with van der Waals surface area (Å²) >= 11 is 0. The van der Waals surface area contributed by atoms with Gasteiger partial charge in [0.1, 0.15) is 0 Å². The van der Waals surface area contributed by atoms with Gasteiger partial charge in [-0.15, -0.1) is 0 Å². The Balaban J connectivity index is 2.77. The van der Waals surface area contributed by atoms with Crippen LogP contribution in [0.3, 0.4) is 0 Å². The van der Waals surface area contributed by atoms with Gasteiger partial charge in [0.2, 0.25) is 0 Å². The van der Waals surface area contributed by atoms with Crippen molar-refractivity contribution in [3.63, 3.8) is 0 Å². The Morgan fingerprint density at radius 3 is 2.59 bits per heavy atom. The molecular formula is C14H16O3. The fourth-order valence-corrected chi connectivity index (χ4v) is 1.56. The Labute approximate surface area is 101 Å². The normalized spacial score (nSPS) is 10.5. The minimum atomic E-state index is -0.265. The topological polar surface area (TPSA) is 43.4 Å². The molecule has 0 spiro atoms. The second-order valence-corrected chi connectivity index (χ2v) is 3.81. The standard InChI is InChI=1S/C14H16O3/c1-10-9-12(5-4-6-14(16)17-3)7-8-13(10)11(2)15/h4-5,7-9H,6H2,1-3H3. The zero-order valence-corrected chi connectivity index (χ0v) is 10.3. The van der Waals surface area contributed by atoms with Crippen LogP contribution in [0.5, 0.6) is 0 Å². The van der Waals surface area contributed by atoms with E-state index >= 15 is 0 Å². The quantitative estimate of drug-likeness (QED) is 0.592. The highest BCUT2D eigenvalue weighted by molar-refractivity contribution is 5.95. The molecule has 3 heteroatoms. The highest BCUT2D eigenvalue weighted by Crippen LogP contribution is 2.13. The molecule has 0 unspecified atom stereocenters. The minimum Gasteiger partial charge on any atom is -0.469 e. The van der Waals surface area contributed by atoms with Gasteiger partial charge in [-0.3, -0.25) is 9.59 Å². The third-order valence-corrected chi connectivity index (χ3v) is 2.45. The van der Waals surface area contributed by atoms with Gasteiger partial charge in [-0.2, -0.15) is 0 Å². The van der Waals surface area contributed by atoms with Crippen molar-refractivity contribution in [2.45, 2.75) is 20.3 Å². The van der Waals surface area contributed by atoms with Crippen LogP contribution >= 0.6 is 0 Å². The molecule has 0 atom stereocenters. The molecular weight excluding hydrogens is 216 g/mol. The van der Waals surface area contributed by atoms with Crippen LogP contribution in [0.15, 0.2) is 24.3 Å². The zero-order chi connectivity index (χ0) is 12.8. The van der Waals surface area contributed by atoms with Crippen LogP contribution in [0.4, 0.5) is 0 Å². The Morgan fingerprint density at radius 1 is 1.35 bits per heavy atom. The van der Waals surface area contributed by atoms with Gasteiger partial charge in [0.25, 0.3) is 0 Å². The van der Waals surface area contributed by atoms with E-state index in [0.29, 0.717) is 0 Å². The van der Waals surface area contributed by atoms with Crippen molar-refractivity contribution in [3.05, 3.63) is 41.0 Å². The lowest BCUT2D eigenvalue weighted by Crippen LogP contribution is -1.97. The number of ether oxygens (including phenoxy) is 1. The maximum atomic E-state index is 11.2. The molecule has 0 saturated heterocycles. The minimum absolute atomic E-state index is 0.0626. The summed E-state index contributed by atoms with van der Waals surface area (Å²) in [4.78, 5) is 22.1. The molecule has 3 nitrogen and oxygen atoms in total. The molecule has 1 rings (SSSR count). The molecule has 0 aliphatic carbocycles. The summed E-state index contributed by atoms with van der Waals surface area (Å²) in [5.41, 5.74) is 2.64. The number of hydrogen-bond acceptors (Lipinski definition) is 3. The van der Waals surface area contributed by atoms with Crippen molar-refractivity contribution in [3.8, 4) is 0 Å². The Bertz CT molecular complexity index is 459. The first kappa shape index (κ1) is 13.2. The molecule has 17 heavy (non-hydrogen) atoms. The van der Waals surface area contributed by atoms with Gasteiger partial charge in [-0.05, 0) is 25.0 Å². The molecule has 90 valence electrons. The first-order valence-corrected chi connectivity index (χ1v) is 5.39. The molecule has 0 amide bonds. The number of methoxy groups -OCH3 is 1. The van der Waals surface area contributed by atoms with E-state index in [0.717, 1.165) is 16.7 Å². The number of rotatable bonds is 4. The molecule has 0 radical (unpaired) electrons. The Hall–Kier alpha value is -1.90. The van der Waals surface area contributed by atoms with E-state index in [1.165, 1.54) is 7.11 Å². The molecule has 0 bridgehead atoms. The zero-order valence-electron chi connectivity index (χ0n) is 10.3. The highest BCUT2D eigenvalue weighted by Gasteiger charge is 2.03. The Morgan fingerprint density at radius 2 is 2.06 bits per heavy atom. The number of hydrogen-bond donors (Lipinski definition) is 0. The second-order valence-electron chi connectivity index (χ2n) is 3.81. The molecule has 1 aromatic rings. The van der Waals surface area contributed by atoms with Crippen LogP contribution in [0.2, 0.25) is 0 Å². The summed E-state index contributed by atoms with van der Waals surface area (Å²) in [5.74, 6) is -0.203. The predicted octanol–water partition coefficient (Wildman–Crippen LogP) is 2.77. The monoisotopic (exact) mass is 232 g/mol. The van der Waals surface area contributed by atoms with E-state index in [4.69, 9.17) is 0 Å².